The Morgan fingerprint density at radius 2 is 2.00 bits per heavy atom. The maximum Gasteiger partial charge on any atom is 0.263 e. The number of halogens is 2. The molecule has 29 heavy (non-hydrogen) atoms. The number of rotatable bonds is 5. The number of morpholine rings is 1. The monoisotopic (exact) mass is 403 g/mol. The highest BCUT2D eigenvalue weighted by Gasteiger charge is 2.22. The Kier molecular flexibility index (Phi) is 5.34. The number of ether oxygens (including phenoxy) is 1. The minimum absolute atomic E-state index is 0.0696. The molecule has 8 nitrogen and oxygen atoms in total. The minimum atomic E-state index is -1.02. The zero-order valence-electron chi connectivity index (χ0n) is 15.7. The summed E-state index contributed by atoms with van der Waals surface area (Å²) in [5.41, 5.74) is 1.25. The van der Waals surface area contributed by atoms with E-state index >= 15 is 0 Å². The summed E-state index contributed by atoms with van der Waals surface area (Å²) in [6, 6.07) is 3.19. The number of carbonyl (C=O) groups excluding carboxylic acids is 1. The lowest BCUT2D eigenvalue weighted by atomic mass is 10.2. The van der Waals surface area contributed by atoms with Gasteiger partial charge in [0.25, 0.3) is 5.71 Å². The summed E-state index contributed by atoms with van der Waals surface area (Å²) in [5, 5.41) is 7.27. The Morgan fingerprint density at radius 1 is 1.21 bits per heavy atom. The van der Waals surface area contributed by atoms with E-state index in [1.807, 2.05) is 6.92 Å². The van der Waals surface area contributed by atoms with Gasteiger partial charge in [-0.05, 0) is 19.1 Å². The van der Waals surface area contributed by atoms with Crippen LogP contribution in [0.4, 0.5) is 20.3 Å². The van der Waals surface area contributed by atoms with Gasteiger partial charge in [-0.3, -0.25) is 4.79 Å². The Balaban J connectivity index is 1.50. The molecule has 1 N–H and O–H groups in total. The molecular weight excluding hydrogens is 384 g/mol. The number of nitrogens with zero attached hydrogens (tertiary/aromatic N) is 4. The summed E-state index contributed by atoms with van der Waals surface area (Å²) < 4.78 is 37.0. The van der Waals surface area contributed by atoms with Gasteiger partial charge in [-0.25, -0.2) is 13.8 Å². The van der Waals surface area contributed by atoms with Gasteiger partial charge in [0.2, 0.25) is 5.91 Å². The van der Waals surface area contributed by atoms with E-state index in [2.05, 4.69) is 25.3 Å². The maximum absolute atomic E-state index is 13.3. The van der Waals surface area contributed by atoms with Crippen molar-refractivity contribution in [2.24, 2.45) is 0 Å². The van der Waals surface area contributed by atoms with Gasteiger partial charge < -0.3 is 19.5 Å². The molecule has 0 unspecified atom stereocenters. The topological polar surface area (TPSA) is 93.4 Å². The van der Waals surface area contributed by atoms with E-state index in [0.717, 1.165) is 17.5 Å². The maximum atomic E-state index is 13.3. The van der Waals surface area contributed by atoms with Crippen LogP contribution in [0.2, 0.25) is 0 Å². The molecular formula is C19H19F2N5O3. The molecule has 2 aromatic heterocycles. The summed E-state index contributed by atoms with van der Waals surface area (Å²) in [6.45, 7) is 4.40. The van der Waals surface area contributed by atoms with E-state index in [-0.39, 0.29) is 24.4 Å². The second-order valence-corrected chi connectivity index (χ2v) is 6.69. The number of anilines is 2. The lowest BCUT2D eigenvalue weighted by Crippen LogP contribution is -2.37. The number of hydrogen-bond donors (Lipinski definition) is 1. The molecule has 3 heterocycles. The summed E-state index contributed by atoms with van der Waals surface area (Å²) in [6.07, 6.45) is 0.322. The molecule has 0 spiro atoms. The number of carbonyl (C=O) groups is 1. The fourth-order valence-electron chi connectivity index (χ4n) is 3.15. The molecule has 1 aliphatic rings. The fraction of sp³-hybridized carbons (Fsp3) is 0.368. The normalized spacial score (nSPS) is 14.4. The molecule has 3 aromatic rings. The molecule has 1 aliphatic heterocycles. The predicted octanol–water partition coefficient (Wildman–Crippen LogP) is 2.61. The molecule has 1 amide bonds. The van der Waals surface area contributed by atoms with Crippen LogP contribution < -0.4 is 10.2 Å². The molecule has 0 saturated carbocycles. The van der Waals surface area contributed by atoms with Crippen molar-refractivity contribution in [1.82, 2.24) is 15.1 Å². The number of fused-ring (bicyclic) bond motifs is 1. The molecule has 0 radical (unpaired) electrons. The summed E-state index contributed by atoms with van der Waals surface area (Å²) >= 11 is 0. The van der Waals surface area contributed by atoms with Gasteiger partial charge in [0, 0.05) is 37.7 Å². The van der Waals surface area contributed by atoms with Crippen molar-refractivity contribution in [3.05, 3.63) is 41.4 Å². The number of nitrogens with one attached hydrogen (secondary N) is 1. The molecule has 10 heteroatoms. The number of hydrogen-bond acceptors (Lipinski definition) is 7. The third-order valence-electron chi connectivity index (χ3n) is 4.62. The Bertz CT molecular complexity index is 1050. The quantitative estimate of drug-likeness (QED) is 0.700. The largest absolute Gasteiger partial charge is 0.378 e. The molecule has 0 atom stereocenters. The first-order valence-corrected chi connectivity index (χ1v) is 9.22. The Hall–Kier alpha value is -3.14. The van der Waals surface area contributed by atoms with Crippen molar-refractivity contribution in [3.63, 3.8) is 0 Å². The SMILES string of the molecule is Cc1noc2nc(CCC(=O)Nc3ccc(F)c(F)c3)nc(N3CCOCC3)c12. The summed E-state index contributed by atoms with van der Waals surface area (Å²) in [4.78, 5) is 23.3. The number of aryl methyl sites for hydroxylation is 2. The first-order valence-electron chi connectivity index (χ1n) is 9.22. The van der Waals surface area contributed by atoms with Crippen LogP contribution in [0, 0.1) is 18.6 Å². The van der Waals surface area contributed by atoms with Crippen LogP contribution in [0.3, 0.4) is 0 Å². The van der Waals surface area contributed by atoms with Crippen LogP contribution in [-0.2, 0) is 16.0 Å². The highest BCUT2D eigenvalue weighted by molar-refractivity contribution is 5.91. The van der Waals surface area contributed by atoms with Crippen molar-refractivity contribution in [2.75, 3.05) is 36.5 Å². The summed E-state index contributed by atoms with van der Waals surface area (Å²) in [7, 11) is 0. The zero-order chi connectivity index (χ0) is 20.4. The van der Waals surface area contributed by atoms with Gasteiger partial charge in [-0.2, -0.15) is 4.98 Å². The molecule has 1 fully saturated rings. The van der Waals surface area contributed by atoms with Crippen LogP contribution >= 0.6 is 0 Å². The van der Waals surface area contributed by atoms with Gasteiger partial charge in [0.05, 0.1) is 18.9 Å². The van der Waals surface area contributed by atoms with E-state index in [0.29, 0.717) is 49.4 Å². The molecule has 4 rings (SSSR count). The average Bonchev–Trinajstić information content (AvgIpc) is 3.10. The van der Waals surface area contributed by atoms with Crippen LogP contribution in [-0.4, -0.2) is 47.3 Å². The van der Waals surface area contributed by atoms with Crippen molar-refractivity contribution >= 4 is 28.5 Å². The molecule has 152 valence electrons. The third kappa shape index (κ3) is 4.16. The lowest BCUT2D eigenvalue weighted by molar-refractivity contribution is -0.116. The van der Waals surface area contributed by atoms with Crippen molar-refractivity contribution in [3.8, 4) is 0 Å². The average molecular weight is 403 g/mol. The van der Waals surface area contributed by atoms with Gasteiger partial charge in [-0.1, -0.05) is 5.16 Å². The van der Waals surface area contributed by atoms with Crippen molar-refractivity contribution in [1.29, 1.82) is 0 Å². The van der Waals surface area contributed by atoms with E-state index < -0.39 is 11.6 Å². The van der Waals surface area contributed by atoms with Crippen molar-refractivity contribution < 1.29 is 22.8 Å². The van der Waals surface area contributed by atoms with Gasteiger partial charge >= 0.3 is 0 Å². The molecule has 1 aromatic carbocycles. The van der Waals surface area contributed by atoms with Crippen molar-refractivity contribution in [2.45, 2.75) is 19.8 Å². The smallest absolute Gasteiger partial charge is 0.263 e. The number of aromatic nitrogens is 3. The molecule has 0 bridgehead atoms. The van der Waals surface area contributed by atoms with Crippen LogP contribution in [0.1, 0.15) is 17.9 Å². The van der Waals surface area contributed by atoms with Gasteiger partial charge in [0.15, 0.2) is 11.6 Å². The van der Waals surface area contributed by atoms with E-state index in [4.69, 9.17) is 9.26 Å². The first-order chi connectivity index (χ1) is 14.0. The molecule has 0 aliphatic carbocycles. The summed E-state index contributed by atoms with van der Waals surface area (Å²) in [5.74, 6) is -1.19. The van der Waals surface area contributed by atoms with Gasteiger partial charge in [0.1, 0.15) is 17.0 Å². The highest BCUT2D eigenvalue weighted by Crippen LogP contribution is 2.27. The predicted molar refractivity (Wildman–Crippen MR) is 101 cm³/mol. The molecule has 1 saturated heterocycles. The lowest BCUT2D eigenvalue weighted by Gasteiger charge is -2.28. The number of benzene rings is 1. The van der Waals surface area contributed by atoms with E-state index in [1.54, 1.807) is 0 Å². The van der Waals surface area contributed by atoms with Crippen LogP contribution in [0.5, 0.6) is 0 Å². The van der Waals surface area contributed by atoms with Gasteiger partial charge in [-0.15, -0.1) is 0 Å². The van der Waals surface area contributed by atoms with Crippen LogP contribution in [0.25, 0.3) is 11.1 Å². The zero-order valence-corrected chi connectivity index (χ0v) is 15.7. The number of amides is 1. The van der Waals surface area contributed by atoms with Crippen LogP contribution in [0.15, 0.2) is 22.7 Å². The fourth-order valence-corrected chi connectivity index (χ4v) is 3.15. The third-order valence-corrected chi connectivity index (χ3v) is 4.62. The minimum Gasteiger partial charge on any atom is -0.378 e. The highest BCUT2D eigenvalue weighted by atomic mass is 19.2. The Morgan fingerprint density at radius 3 is 2.76 bits per heavy atom. The van der Waals surface area contributed by atoms with E-state index in [1.165, 1.54) is 6.07 Å². The standard InChI is InChI=1S/C19H19F2N5O3/c1-11-17-18(26-6-8-28-9-7-26)23-15(24-19(17)29-25-11)4-5-16(27)22-12-2-3-13(20)14(21)10-12/h2-3,10H,4-9H2,1H3,(H,22,27). The second kappa shape index (κ2) is 8.08. The second-order valence-electron chi connectivity index (χ2n) is 6.69. The first kappa shape index (κ1) is 19.2. The Labute approximate surface area is 164 Å². The van der Waals surface area contributed by atoms with E-state index in [9.17, 15) is 13.6 Å².